The molecule has 18 heavy (non-hydrogen) atoms. The van der Waals surface area contributed by atoms with Gasteiger partial charge in [-0.2, -0.15) is 10.3 Å². The summed E-state index contributed by atoms with van der Waals surface area (Å²) < 4.78 is 4.88. The SMILES string of the molecule is CCOC(=O)c1n[nH]nc1-c1c(Cl)cccc1Cl. The molecule has 0 atom stereocenters. The van der Waals surface area contributed by atoms with E-state index in [2.05, 4.69) is 15.4 Å². The van der Waals surface area contributed by atoms with E-state index < -0.39 is 5.97 Å². The van der Waals surface area contributed by atoms with E-state index >= 15 is 0 Å². The third-order valence-electron chi connectivity index (χ3n) is 2.22. The fourth-order valence-corrected chi connectivity index (χ4v) is 2.05. The minimum absolute atomic E-state index is 0.0619. The molecule has 0 spiro atoms. The molecule has 0 aliphatic carbocycles. The van der Waals surface area contributed by atoms with Crippen molar-refractivity contribution in [3.05, 3.63) is 33.9 Å². The van der Waals surface area contributed by atoms with Crippen LogP contribution in [-0.4, -0.2) is 28.0 Å². The van der Waals surface area contributed by atoms with Gasteiger partial charge < -0.3 is 4.74 Å². The Morgan fingerprint density at radius 3 is 2.61 bits per heavy atom. The van der Waals surface area contributed by atoms with E-state index in [1.54, 1.807) is 25.1 Å². The van der Waals surface area contributed by atoms with E-state index in [1.165, 1.54) is 0 Å². The van der Waals surface area contributed by atoms with Crippen LogP contribution in [0.5, 0.6) is 0 Å². The second kappa shape index (κ2) is 5.37. The van der Waals surface area contributed by atoms with E-state index in [1.807, 2.05) is 0 Å². The summed E-state index contributed by atoms with van der Waals surface area (Å²) in [5.74, 6) is -0.572. The van der Waals surface area contributed by atoms with Gasteiger partial charge in [0.25, 0.3) is 0 Å². The molecule has 0 unspecified atom stereocenters. The molecule has 0 radical (unpaired) electrons. The summed E-state index contributed by atoms with van der Waals surface area (Å²) in [5, 5.41) is 10.8. The number of nitrogens with zero attached hydrogens (tertiary/aromatic N) is 2. The number of hydrogen-bond acceptors (Lipinski definition) is 4. The molecule has 1 heterocycles. The number of hydrogen-bond donors (Lipinski definition) is 1. The van der Waals surface area contributed by atoms with Gasteiger partial charge in [0.2, 0.25) is 0 Å². The van der Waals surface area contributed by atoms with E-state index in [-0.39, 0.29) is 18.0 Å². The van der Waals surface area contributed by atoms with Gasteiger partial charge in [0.05, 0.1) is 16.7 Å². The van der Waals surface area contributed by atoms with E-state index in [0.29, 0.717) is 15.6 Å². The molecule has 0 amide bonds. The van der Waals surface area contributed by atoms with Gasteiger partial charge in [-0.1, -0.05) is 29.3 Å². The summed E-state index contributed by atoms with van der Waals surface area (Å²) in [6.45, 7) is 1.96. The third kappa shape index (κ3) is 2.32. The zero-order valence-corrected chi connectivity index (χ0v) is 10.9. The summed E-state index contributed by atoms with van der Waals surface area (Å²) in [6, 6.07) is 5.02. The molecule has 7 heteroatoms. The van der Waals surface area contributed by atoms with Crippen LogP contribution in [0.2, 0.25) is 10.0 Å². The third-order valence-corrected chi connectivity index (χ3v) is 2.85. The molecule has 1 aromatic carbocycles. The van der Waals surface area contributed by atoms with E-state index in [9.17, 15) is 4.79 Å². The topological polar surface area (TPSA) is 67.9 Å². The summed E-state index contributed by atoms with van der Waals surface area (Å²) in [6.07, 6.45) is 0. The number of nitrogens with one attached hydrogen (secondary N) is 1. The van der Waals surface area contributed by atoms with Crippen molar-refractivity contribution in [3.8, 4) is 11.3 Å². The Morgan fingerprint density at radius 1 is 1.33 bits per heavy atom. The van der Waals surface area contributed by atoms with Gasteiger partial charge in [-0.25, -0.2) is 4.79 Å². The lowest BCUT2D eigenvalue weighted by Gasteiger charge is -2.05. The molecule has 1 aromatic heterocycles. The normalized spacial score (nSPS) is 10.4. The number of ether oxygens (including phenoxy) is 1. The van der Waals surface area contributed by atoms with Crippen LogP contribution in [0.15, 0.2) is 18.2 Å². The van der Waals surface area contributed by atoms with Gasteiger partial charge in [-0.05, 0) is 19.1 Å². The summed E-state index contributed by atoms with van der Waals surface area (Å²) in [7, 11) is 0. The first-order valence-corrected chi connectivity index (χ1v) is 5.93. The lowest BCUT2D eigenvalue weighted by Crippen LogP contribution is -2.07. The van der Waals surface area contributed by atoms with Crippen molar-refractivity contribution in [1.82, 2.24) is 15.4 Å². The first kappa shape index (κ1) is 12.9. The molecule has 2 aromatic rings. The Morgan fingerprint density at radius 2 is 2.00 bits per heavy atom. The Bertz CT molecular complexity index is 563. The highest BCUT2D eigenvalue weighted by atomic mass is 35.5. The maximum atomic E-state index is 11.7. The lowest BCUT2D eigenvalue weighted by atomic mass is 10.1. The Hall–Kier alpha value is -1.59. The standard InChI is InChI=1S/C11H9Cl2N3O2/c1-2-18-11(17)10-9(14-16-15-10)8-6(12)4-3-5-7(8)13/h3-5H,2H2,1H3,(H,14,15,16). The van der Waals surface area contributed by atoms with Crippen molar-refractivity contribution in [3.63, 3.8) is 0 Å². The number of benzene rings is 1. The maximum absolute atomic E-state index is 11.7. The molecule has 0 saturated heterocycles. The molecule has 0 fully saturated rings. The van der Waals surface area contributed by atoms with Crippen molar-refractivity contribution in [1.29, 1.82) is 0 Å². The first-order chi connectivity index (χ1) is 8.65. The highest BCUT2D eigenvalue weighted by Gasteiger charge is 2.22. The van der Waals surface area contributed by atoms with Gasteiger partial charge in [0.15, 0.2) is 5.69 Å². The van der Waals surface area contributed by atoms with Crippen LogP contribution < -0.4 is 0 Å². The zero-order chi connectivity index (χ0) is 13.1. The smallest absolute Gasteiger partial charge is 0.361 e. The molecule has 2 rings (SSSR count). The molecular weight excluding hydrogens is 277 g/mol. The molecule has 5 nitrogen and oxygen atoms in total. The van der Waals surface area contributed by atoms with Crippen LogP contribution >= 0.6 is 23.2 Å². The summed E-state index contributed by atoms with van der Waals surface area (Å²) in [5.41, 5.74) is 0.800. The number of aromatic nitrogens is 3. The predicted molar refractivity (Wildman–Crippen MR) is 67.8 cm³/mol. The Kier molecular flexibility index (Phi) is 3.84. The molecule has 0 aliphatic heterocycles. The fourth-order valence-electron chi connectivity index (χ4n) is 1.47. The monoisotopic (exact) mass is 285 g/mol. The van der Waals surface area contributed by atoms with Gasteiger partial charge in [0.1, 0.15) is 5.69 Å². The highest BCUT2D eigenvalue weighted by Crippen LogP contribution is 2.34. The number of H-pyrrole nitrogens is 1. The number of rotatable bonds is 3. The zero-order valence-electron chi connectivity index (χ0n) is 9.41. The van der Waals surface area contributed by atoms with Crippen molar-refractivity contribution in [2.24, 2.45) is 0 Å². The van der Waals surface area contributed by atoms with Crippen LogP contribution in [0.3, 0.4) is 0 Å². The minimum atomic E-state index is -0.572. The Labute approximate surface area is 113 Å². The van der Waals surface area contributed by atoms with Gasteiger partial charge in [-0.3, -0.25) is 0 Å². The van der Waals surface area contributed by atoms with E-state index in [0.717, 1.165) is 0 Å². The number of esters is 1. The first-order valence-electron chi connectivity index (χ1n) is 5.17. The minimum Gasteiger partial charge on any atom is -0.461 e. The van der Waals surface area contributed by atoms with Gasteiger partial charge >= 0.3 is 5.97 Å². The average Bonchev–Trinajstić information content (AvgIpc) is 2.78. The summed E-state index contributed by atoms with van der Waals surface area (Å²) >= 11 is 12.1. The number of halogens is 2. The van der Waals surface area contributed by atoms with Crippen LogP contribution in [-0.2, 0) is 4.74 Å². The highest BCUT2D eigenvalue weighted by molar-refractivity contribution is 6.39. The number of aromatic amines is 1. The van der Waals surface area contributed by atoms with Crippen LogP contribution in [0.1, 0.15) is 17.4 Å². The van der Waals surface area contributed by atoms with Crippen LogP contribution in [0.4, 0.5) is 0 Å². The lowest BCUT2D eigenvalue weighted by molar-refractivity contribution is 0.0520. The largest absolute Gasteiger partial charge is 0.461 e. The second-order valence-corrected chi connectivity index (χ2v) is 4.15. The molecule has 94 valence electrons. The molecule has 1 N–H and O–H groups in total. The molecule has 0 aliphatic rings. The number of carbonyl (C=O) groups excluding carboxylic acids is 1. The van der Waals surface area contributed by atoms with Crippen molar-refractivity contribution < 1.29 is 9.53 Å². The van der Waals surface area contributed by atoms with Gasteiger partial charge in [0, 0.05) is 5.56 Å². The van der Waals surface area contributed by atoms with Crippen molar-refractivity contribution in [2.75, 3.05) is 6.61 Å². The van der Waals surface area contributed by atoms with Gasteiger partial charge in [-0.15, -0.1) is 5.10 Å². The molecular formula is C11H9Cl2N3O2. The fraction of sp³-hybridized carbons (Fsp3) is 0.182. The van der Waals surface area contributed by atoms with Crippen molar-refractivity contribution in [2.45, 2.75) is 6.92 Å². The van der Waals surface area contributed by atoms with E-state index in [4.69, 9.17) is 27.9 Å². The van der Waals surface area contributed by atoms with Crippen LogP contribution in [0, 0.1) is 0 Å². The maximum Gasteiger partial charge on any atom is 0.361 e. The van der Waals surface area contributed by atoms with Crippen molar-refractivity contribution >= 4 is 29.2 Å². The molecule has 0 bridgehead atoms. The molecule has 0 saturated carbocycles. The van der Waals surface area contributed by atoms with Crippen LogP contribution in [0.25, 0.3) is 11.3 Å². The Balaban J connectivity index is 2.52. The number of carbonyl (C=O) groups is 1. The average molecular weight is 286 g/mol. The second-order valence-electron chi connectivity index (χ2n) is 3.34. The summed E-state index contributed by atoms with van der Waals surface area (Å²) in [4.78, 5) is 11.7. The predicted octanol–water partition coefficient (Wildman–Crippen LogP) is 2.96. The quantitative estimate of drug-likeness (QED) is 0.881.